The standard InChI is InChI=1S/C23H24IN3O4/c24-18-4-2-16(3-5-18)22(28)17-8-11-27(12-9-17)10-1-13-30-23(29)26-19-6-7-21-20(14-19)25-15-31-21/h2-7,14-15,17H,1,8-13H2,(H,26,29). The third kappa shape index (κ3) is 5.82. The number of nitrogens with one attached hydrogen (secondary N) is 1. The summed E-state index contributed by atoms with van der Waals surface area (Å²) < 4.78 is 11.6. The maximum Gasteiger partial charge on any atom is 0.411 e. The summed E-state index contributed by atoms with van der Waals surface area (Å²) in [5.74, 6) is 0.347. The normalized spacial score (nSPS) is 15.1. The Balaban J connectivity index is 1.13. The summed E-state index contributed by atoms with van der Waals surface area (Å²) >= 11 is 2.25. The van der Waals surface area contributed by atoms with Gasteiger partial charge in [-0.3, -0.25) is 10.1 Å². The highest BCUT2D eigenvalue weighted by Gasteiger charge is 2.25. The molecule has 7 nitrogen and oxygen atoms in total. The van der Waals surface area contributed by atoms with Crippen molar-refractivity contribution in [2.45, 2.75) is 19.3 Å². The molecule has 1 amide bonds. The van der Waals surface area contributed by atoms with E-state index in [1.807, 2.05) is 24.3 Å². The number of Topliss-reactive ketones (excluding diaryl/α,β-unsaturated/α-hetero) is 1. The number of anilines is 1. The van der Waals surface area contributed by atoms with E-state index in [9.17, 15) is 9.59 Å². The number of carbonyl (C=O) groups excluding carboxylic acids is 2. The van der Waals surface area contributed by atoms with Crippen LogP contribution in [-0.4, -0.2) is 48.0 Å². The number of nitrogens with zero attached hydrogens (tertiary/aromatic N) is 2. The van der Waals surface area contributed by atoms with Crippen molar-refractivity contribution in [3.05, 3.63) is 58.0 Å². The Labute approximate surface area is 194 Å². The van der Waals surface area contributed by atoms with Crippen molar-refractivity contribution >= 4 is 51.3 Å². The van der Waals surface area contributed by atoms with Crippen LogP contribution in [0.4, 0.5) is 10.5 Å². The first-order chi connectivity index (χ1) is 15.1. The molecular formula is C23H24IN3O4. The summed E-state index contributed by atoms with van der Waals surface area (Å²) in [5.41, 5.74) is 2.77. The van der Waals surface area contributed by atoms with Gasteiger partial charge in [0.15, 0.2) is 17.8 Å². The lowest BCUT2D eigenvalue weighted by molar-refractivity contribution is 0.0830. The summed E-state index contributed by atoms with van der Waals surface area (Å²) in [6.07, 6.45) is 3.39. The Morgan fingerprint density at radius 2 is 1.94 bits per heavy atom. The van der Waals surface area contributed by atoms with Crippen molar-refractivity contribution in [2.24, 2.45) is 5.92 Å². The van der Waals surface area contributed by atoms with Crippen LogP contribution in [0.2, 0.25) is 0 Å². The van der Waals surface area contributed by atoms with Gasteiger partial charge in [-0.05, 0) is 85.3 Å². The number of likely N-dealkylation sites (tertiary alicyclic amines) is 1. The summed E-state index contributed by atoms with van der Waals surface area (Å²) in [6.45, 7) is 2.98. The lowest BCUT2D eigenvalue weighted by Crippen LogP contribution is -2.37. The topological polar surface area (TPSA) is 84.7 Å². The number of amides is 1. The SMILES string of the molecule is O=C(Nc1ccc2ocnc2c1)OCCCN1CCC(C(=O)c2ccc(I)cc2)CC1. The molecule has 2 aromatic carbocycles. The van der Waals surface area contributed by atoms with Crippen LogP contribution in [0.5, 0.6) is 0 Å². The largest absolute Gasteiger partial charge is 0.449 e. The van der Waals surface area contributed by atoms with Crippen LogP contribution >= 0.6 is 22.6 Å². The molecule has 1 saturated heterocycles. The molecule has 2 heterocycles. The number of hydrogen-bond acceptors (Lipinski definition) is 6. The minimum atomic E-state index is -0.482. The number of benzene rings is 2. The number of fused-ring (bicyclic) bond motifs is 1. The van der Waals surface area contributed by atoms with Gasteiger partial charge in [0.25, 0.3) is 0 Å². The second kappa shape index (κ2) is 10.2. The zero-order chi connectivity index (χ0) is 21.6. The fraction of sp³-hybridized carbons (Fsp3) is 0.348. The quantitative estimate of drug-likeness (QED) is 0.263. The van der Waals surface area contributed by atoms with Gasteiger partial charge < -0.3 is 14.1 Å². The van der Waals surface area contributed by atoms with Gasteiger partial charge in [0.2, 0.25) is 0 Å². The molecule has 1 aromatic heterocycles. The summed E-state index contributed by atoms with van der Waals surface area (Å²) in [4.78, 5) is 31.0. The Kier molecular flexibility index (Phi) is 7.18. The van der Waals surface area contributed by atoms with Gasteiger partial charge in [0.05, 0.1) is 6.61 Å². The van der Waals surface area contributed by atoms with E-state index in [1.54, 1.807) is 18.2 Å². The number of aromatic nitrogens is 1. The number of oxazole rings is 1. The van der Waals surface area contributed by atoms with Crippen molar-refractivity contribution in [3.8, 4) is 0 Å². The van der Waals surface area contributed by atoms with Crippen LogP contribution in [0.25, 0.3) is 11.1 Å². The van der Waals surface area contributed by atoms with Crippen LogP contribution in [-0.2, 0) is 4.74 Å². The van der Waals surface area contributed by atoms with E-state index in [4.69, 9.17) is 9.15 Å². The van der Waals surface area contributed by atoms with E-state index < -0.39 is 6.09 Å². The van der Waals surface area contributed by atoms with Crippen molar-refractivity contribution in [1.29, 1.82) is 0 Å². The lowest BCUT2D eigenvalue weighted by Gasteiger charge is -2.31. The van der Waals surface area contributed by atoms with E-state index in [1.165, 1.54) is 6.39 Å². The molecule has 0 radical (unpaired) electrons. The van der Waals surface area contributed by atoms with Gasteiger partial charge in [0.1, 0.15) is 5.52 Å². The van der Waals surface area contributed by atoms with E-state index >= 15 is 0 Å². The average molecular weight is 533 g/mol. The third-order valence-electron chi connectivity index (χ3n) is 5.52. The van der Waals surface area contributed by atoms with E-state index in [0.29, 0.717) is 23.4 Å². The van der Waals surface area contributed by atoms with Crippen LogP contribution in [0, 0.1) is 9.49 Å². The lowest BCUT2D eigenvalue weighted by atomic mass is 9.89. The fourth-order valence-electron chi connectivity index (χ4n) is 3.81. The van der Waals surface area contributed by atoms with Gasteiger partial charge >= 0.3 is 6.09 Å². The monoisotopic (exact) mass is 533 g/mol. The number of halogens is 1. The van der Waals surface area contributed by atoms with Crippen molar-refractivity contribution in [3.63, 3.8) is 0 Å². The van der Waals surface area contributed by atoms with E-state index in [0.717, 1.165) is 48.0 Å². The van der Waals surface area contributed by atoms with E-state index in [-0.39, 0.29) is 11.7 Å². The first kappa shape index (κ1) is 21.8. The molecule has 1 aliphatic heterocycles. The van der Waals surface area contributed by atoms with Crippen molar-refractivity contribution < 1.29 is 18.7 Å². The predicted molar refractivity (Wildman–Crippen MR) is 126 cm³/mol. The molecule has 1 aliphatic rings. The smallest absolute Gasteiger partial charge is 0.411 e. The maximum absolute atomic E-state index is 12.7. The Hall–Kier alpha value is -2.46. The number of ether oxygens (including phenoxy) is 1. The minimum absolute atomic E-state index is 0.0976. The summed E-state index contributed by atoms with van der Waals surface area (Å²) in [6, 6.07) is 13.0. The van der Waals surface area contributed by atoms with Crippen LogP contribution in [0.1, 0.15) is 29.6 Å². The molecule has 162 valence electrons. The first-order valence-electron chi connectivity index (χ1n) is 10.4. The molecule has 31 heavy (non-hydrogen) atoms. The van der Waals surface area contributed by atoms with Gasteiger partial charge in [-0.2, -0.15) is 0 Å². The van der Waals surface area contributed by atoms with Crippen LogP contribution in [0.15, 0.2) is 53.3 Å². The van der Waals surface area contributed by atoms with Gasteiger partial charge in [-0.15, -0.1) is 0 Å². The minimum Gasteiger partial charge on any atom is -0.449 e. The second-order valence-electron chi connectivity index (χ2n) is 7.64. The van der Waals surface area contributed by atoms with Gasteiger partial charge in [-0.25, -0.2) is 9.78 Å². The molecular weight excluding hydrogens is 509 g/mol. The number of hydrogen-bond donors (Lipinski definition) is 1. The molecule has 0 bridgehead atoms. The van der Waals surface area contributed by atoms with Gasteiger partial charge in [-0.1, -0.05) is 12.1 Å². The molecule has 0 aliphatic carbocycles. The fourth-order valence-corrected chi connectivity index (χ4v) is 4.17. The Bertz CT molecular complexity index is 1040. The molecule has 0 spiro atoms. The van der Waals surface area contributed by atoms with Crippen molar-refractivity contribution in [2.75, 3.05) is 31.6 Å². The molecule has 8 heteroatoms. The maximum atomic E-state index is 12.7. The van der Waals surface area contributed by atoms with Crippen molar-refractivity contribution in [1.82, 2.24) is 9.88 Å². The molecule has 0 unspecified atom stereocenters. The molecule has 4 rings (SSSR count). The number of piperidine rings is 1. The van der Waals surface area contributed by atoms with Gasteiger partial charge in [0, 0.05) is 27.3 Å². The number of ketones is 1. The highest BCUT2D eigenvalue weighted by molar-refractivity contribution is 14.1. The Morgan fingerprint density at radius 1 is 1.16 bits per heavy atom. The summed E-state index contributed by atoms with van der Waals surface area (Å²) in [5, 5.41) is 2.71. The number of carbonyl (C=O) groups is 2. The highest BCUT2D eigenvalue weighted by Crippen LogP contribution is 2.22. The second-order valence-corrected chi connectivity index (χ2v) is 8.88. The predicted octanol–water partition coefficient (Wildman–Crippen LogP) is 4.97. The first-order valence-corrected chi connectivity index (χ1v) is 11.5. The average Bonchev–Trinajstić information content (AvgIpc) is 3.25. The zero-order valence-corrected chi connectivity index (χ0v) is 19.2. The summed E-state index contributed by atoms with van der Waals surface area (Å²) in [7, 11) is 0. The molecule has 3 aromatic rings. The highest BCUT2D eigenvalue weighted by atomic mass is 127. The molecule has 0 atom stereocenters. The molecule has 0 saturated carbocycles. The number of rotatable bonds is 7. The van der Waals surface area contributed by atoms with E-state index in [2.05, 4.69) is 37.8 Å². The zero-order valence-electron chi connectivity index (χ0n) is 17.1. The molecule has 1 N–H and O–H groups in total. The van der Waals surface area contributed by atoms with Crippen LogP contribution < -0.4 is 5.32 Å². The Morgan fingerprint density at radius 3 is 2.71 bits per heavy atom. The third-order valence-corrected chi connectivity index (χ3v) is 6.23. The van der Waals surface area contributed by atoms with Crippen LogP contribution in [0.3, 0.4) is 0 Å². The molecule has 1 fully saturated rings.